The van der Waals surface area contributed by atoms with Gasteiger partial charge in [-0.1, -0.05) is 13.8 Å². The van der Waals surface area contributed by atoms with Gasteiger partial charge in [0.2, 0.25) is 0 Å². The van der Waals surface area contributed by atoms with Crippen LogP contribution in [0.3, 0.4) is 0 Å². The van der Waals surface area contributed by atoms with Crippen molar-refractivity contribution in [1.29, 1.82) is 0 Å². The van der Waals surface area contributed by atoms with Crippen LogP contribution in [0.2, 0.25) is 0 Å². The third-order valence-corrected chi connectivity index (χ3v) is 2.56. The summed E-state index contributed by atoms with van der Waals surface area (Å²) in [7, 11) is 0. The van der Waals surface area contributed by atoms with Crippen LogP contribution >= 0.6 is 12.6 Å². The minimum atomic E-state index is 0.245. The molecule has 1 rings (SSSR count). The minimum Gasteiger partial charge on any atom is -0.381 e. The summed E-state index contributed by atoms with van der Waals surface area (Å²) in [5.74, 6) is 0. The maximum Gasteiger partial charge on any atom is 0.0532 e. The molecule has 1 aliphatic heterocycles. The van der Waals surface area contributed by atoms with Gasteiger partial charge in [-0.25, -0.2) is 0 Å². The molecule has 72 valence electrons. The van der Waals surface area contributed by atoms with E-state index in [9.17, 15) is 0 Å². The van der Waals surface area contributed by atoms with E-state index >= 15 is 0 Å². The first kappa shape index (κ1) is 10.4. The molecule has 0 aliphatic carbocycles. The summed E-state index contributed by atoms with van der Waals surface area (Å²) in [6, 6.07) is 0.541. The molecule has 2 unspecified atom stereocenters. The zero-order chi connectivity index (χ0) is 9.19. The molecule has 3 heteroatoms. The van der Waals surface area contributed by atoms with Gasteiger partial charge < -0.3 is 10.1 Å². The molecular weight excluding hydrogens is 170 g/mol. The van der Waals surface area contributed by atoms with Crippen molar-refractivity contribution in [3.63, 3.8) is 0 Å². The van der Waals surface area contributed by atoms with E-state index in [0.29, 0.717) is 6.04 Å². The lowest BCUT2D eigenvalue weighted by Gasteiger charge is -2.39. The molecule has 0 radical (unpaired) electrons. The second-order valence-electron chi connectivity index (χ2n) is 4.23. The Labute approximate surface area is 80.5 Å². The molecule has 0 amide bonds. The number of rotatable bonds is 2. The third kappa shape index (κ3) is 2.64. The maximum absolute atomic E-state index is 5.43. The van der Waals surface area contributed by atoms with Gasteiger partial charge in [-0.3, -0.25) is 0 Å². The smallest absolute Gasteiger partial charge is 0.0532 e. The summed E-state index contributed by atoms with van der Waals surface area (Å²) in [4.78, 5) is 0. The van der Waals surface area contributed by atoms with Crippen molar-refractivity contribution in [2.45, 2.75) is 38.6 Å². The molecule has 1 aliphatic rings. The third-order valence-electron chi connectivity index (χ3n) is 2.41. The van der Waals surface area contributed by atoms with E-state index in [1.807, 2.05) is 0 Å². The van der Waals surface area contributed by atoms with E-state index in [0.717, 1.165) is 19.6 Å². The van der Waals surface area contributed by atoms with Crippen LogP contribution in [0.1, 0.15) is 27.2 Å². The largest absolute Gasteiger partial charge is 0.381 e. The molecule has 1 fully saturated rings. The topological polar surface area (TPSA) is 21.3 Å². The van der Waals surface area contributed by atoms with Crippen molar-refractivity contribution in [3.8, 4) is 0 Å². The van der Waals surface area contributed by atoms with Crippen LogP contribution in [0, 0.1) is 5.41 Å². The van der Waals surface area contributed by atoms with E-state index in [-0.39, 0.29) is 10.8 Å². The van der Waals surface area contributed by atoms with E-state index in [2.05, 4.69) is 38.7 Å². The van der Waals surface area contributed by atoms with Crippen LogP contribution in [0.5, 0.6) is 0 Å². The monoisotopic (exact) mass is 189 g/mol. The van der Waals surface area contributed by atoms with Gasteiger partial charge in [0.15, 0.2) is 0 Å². The molecule has 1 N–H and O–H groups in total. The van der Waals surface area contributed by atoms with Gasteiger partial charge in [0.1, 0.15) is 0 Å². The number of hydrogen-bond donors (Lipinski definition) is 2. The number of thiol groups is 1. The van der Waals surface area contributed by atoms with Crippen molar-refractivity contribution < 1.29 is 4.74 Å². The Morgan fingerprint density at radius 3 is 2.75 bits per heavy atom. The van der Waals surface area contributed by atoms with Crippen molar-refractivity contribution in [2.75, 3.05) is 13.2 Å². The summed E-state index contributed by atoms with van der Waals surface area (Å²) in [6.07, 6.45) is 1.10. The molecule has 0 aromatic rings. The molecule has 0 saturated carbocycles. The highest BCUT2D eigenvalue weighted by Crippen LogP contribution is 2.27. The van der Waals surface area contributed by atoms with Gasteiger partial charge in [0, 0.05) is 23.4 Å². The molecule has 1 saturated heterocycles. The van der Waals surface area contributed by atoms with Crippen LogP contribution in [-0.4, -0.2) is 24.6 Å². The average molecular weight is 189 g/mol. The van der Waals surface area contributed by atoms with Gasteiger partial charge in [0.25, 0.3) is 0 Å². The second-order valence-corrected chi connectivity index (χ2v) is 5.00. The van der Waals surface area contributed by atoms with Crippen molar-refractivity contribution >= 4 is 12.6 Å². The van der Waals surface area contributed by atoms with E-state index < -0.39 is 0 Å². The van der Waals surface area contributed by atoms with Crippen LogP contribution < -0.4 is 5.32 Å². The molecule has 0 bridgehead atoms. The fourth-order valence-electron chi connectivity index (χ4n) is 1.63. The summed E-state index contributed by atoms with van der Waals surface area (Å²) < 4.78 is 5.43. The minimum absolute atomic E-state index is 0.245. The highest BCUT2D eigenvalue weighted by atomic mass is 32.1. The summed E-state index contributed by atoms with van der Waals surface area (Å²) in [5, 5.41) is 3.73. The fraction of sp³-hybridized carbons (Fsp3) is 1.00. The van der Waals surface area contributed by atoms with Gasteiger partial charge >= 0.3 is 0 Å². The lowest BCUT2D eigenvalue weighted by atomic mass is 9.82. The summed E-state index contributed by atoms with van der Waals surface area (Å²) in [5.41, 5.74) is 0.245. The molecular formula is C9H19NOS. The number of nitrogens with one attached hydrogen (secondary N) is 1. The SMILES string of the molecule is CC(S)NC1CCOCC1(C)C. The standard InChI is InChI=1S/C9H19NOS/c1-7(12)10-8-4-5-11-6-9(8,2)3/h7-8,10,12H,4-6H2,1-3H3. The Morgan fingerprint density at radius 2 is 2.25 bits per heavy atom. The van der Waals surface area contributed by atoms with Crippen LogP contribution in [0.4, 0.5) is 0 Å². The lowest BCUT2D eigenvalue weighted by molar-refractivity contribution is -0.0133. The fourth-order valence-corrected chi connectivity index (χ4v) is 1.81. The first-order valence-electron chi connectivity index (χ1n) is 4.54. The number of hydrogen-bond acceptors (Lipinski definition) is 3. The first-order chi connectivity index (χ1) is 5.52. The second kappa shape index (κ2) is 3.99. The van der Waals surface area contributed by atoms with Crippen molar-refractivity contribution in [1.82, 2.24) is 5.32 Å². The van der Waals surface area contributed by atoms with Gasteiger partial charge in [0.05, 0.1) is 6.61 Å². The Kier molecular flexibility index (Phi) is 3.44. The van der Waals surface area contributed by atoms with Crippen LogP contribution in [0.15, 0.2) is 0 Å². The predicted octanol–water partition coefficient (Wildman–Crippen LogP) is 1.67. The quantitative estimate of drug-likeness (QED) is 0.509. The molecule has 2 atom stereocenters. The highest BCUT2D eigenvalue weighted by molar-refractivity contribution is 7.80. The van der Waals surface area contributed by atoms with Crippen molar-refractivity contribution in [2.24, 2.45) is 5.41 Å². The van der Waals surface area contributed by atoms with E-state index in [4.69, 9.17) is 4.74 Å². The highest BCUT2D eigenvalue weighted by Gasteiger charge is 2.32. The Hall–Kier alpha value is 0.270. The zero-order valence-corrected chi connectivity index (χ0v) is 9.03. The van der Waals surface area contributed by atoms with E-state index in [1.165, 1.54) is 0 Å². The van der Waals surface area contributed by atoms with E-state index in [1.54, 1.807) is 0 Å². The average Bonchev–Trinajstić information content (AvgIpc) is 1.92. The molecule has 1 heterocycles. The molecule has 2 nitrogen and oxygen atoms in total. The van der Waals surface area contributed by atoms with Gasteiger partial charge in [-0.2, -0.15) is 12.6 Å². The Balaban J connectivity index is 2.48. The molecule has 0 aromatic heterocycles. The van der Waals surface area contributed by atoms with Crippen LogP contribution in [-0.2, 0) is 4.74 Å². The maximum atomic E-state index is 5.43. The molecule has 12 heavy (non-hydrogen) atoms. The Morgan fingerprint density at radius 1 is 1.58 bits per heavy atom. The van der Waals surface area contributed by atoms with Crippen molar-refractivity contribution in [3.05, 3.63) is 0 Å². The number of ether oxygens (including phenoxy) is 1. The zero-order valence-electron chi connectivity index (χ0n) is 8.13. The lowest BCUT2D eigenvalue weighted by Crippen LogP contribution is -2.50. The first-order valence-corrected chi connectivity index (χ1v) is 5.06. The van der Waals surface area contributed by atoms with Gasteiger partial charge in [-0.05, 0) is 13.3 Å². The predicted molar refractivity (Wildman–Crippen MR) is 54.6 cm³/mol. The molecule has 0 spiro atoms. The van der Waals surface area contributed by atoms with Gasteiger partial charge in [-0.15, -0.1) is 0 Å². The summed E-state index contributed by atoms with van der Waals surface area (Å²) >= 11 is 4.33. The molecule has 0 aromatic carbocycles. The normalized spacial score (nSPS) is 31.5. The van der Waals surface area contributed by atoms with Crippen LogP contribution in [0.25, 0.3) is 0 Å². The summed E-state index contributed by atoms with van der Waals surface area (Å²) in [6.45, 7) is 8.27. The Bertz CT molecular complexity index is 147.